The Morgan fingerprint density at radius 1 is 1.00 bits per heavy atom. The van der Waals surface area contributed by atoms with Gasteiger partial charge in [0, 0.05) is 28.5 Å². The number of benzene rings is 2. The minimum Gasteiger partial charge on any atom is -0.487 e. The Labute approximate surface area is 207 Å². The van der Waals surface area contributed by atoms with Crippen LogP contribution in [0.15, 0.2) is 67.1 Å². The zero-order valence-electron chi connectivity index (χ0n) is 19.5. The highest BCUT2D eigenvalue weighted by atomic mass is 32.1. The number of fused-ring (bicyclic) bond motifs is 3. The minimum atomic E-state index is 0.157. The second-order valence-corrected chi connectivity index (χ2v) is 9.30. The van der Waals surface area contributed by atoms with Crippen molar-refractivity contribution in [2.75, 3.05) is 25.0 Å². The standard InChI is InChI=1S/C27H27N5O2S/c1-18-14-20(6-8-23(18)34-16-21-4-2-3-10-29-21)32-26-25-22-7-5-19(9-11-28-12-13-33)15-24(22)35-27(25)31-17-30-26/h2-8,10,14-15,17,28,33H,9,11-13,16H2,1H3,(H,30,31,32). The Balaban J connectivity index is 1.35. The van der Waals surface area contributed by atoms with Crippen molar-refractivity contribution >= 4 is 43.1 Å². The third kappa shape index (κ3) is 5.40. The third-order valence-corrected chi connectivity index (χ3v) is 6.81. The molecular formula is C27H27N5O2S. The van der Waals surface area contributed by atoms with Gasteiger partial charge in [0.1, 0.15) is 29.3 Å². The van der Waals surface area contributed by atoms with Gasteiger partial charge in [-0.2, -0.15) is 0 Å². The predicted octanol–water partition coefficient (Wildman–Crippen LogP) is 4.99. The SMILES string of the molecule is Cc1cc(Nc2ncnc3sc4cc(CCNCCO)ccc4c23)ccc1OCc1ccccn1. The van der Waals surface area contributed by atoms with Crippen LogP contribution in [-0.4, -0.2) is 39.8 Å². The summed E-state index contributed by atoms with van der Waals surface area (Å²) in [6.45, 7) is 4.08. The van der Waals surface area contributed by atoms with Gasteiger partial charge in [-0.05, 0) is 67.4 Å². The molecule has 8 heteroatoms. The molecule has 3 N–H and O–H groups in total. The molecule has 0 aliphatic carbocycles. The molecule has 5 aromatic rings. The summed E-state index contributed by atoms with van der Waals surface area (Å²) >= 11 is 1.68. The number of hydrogen-bond donors (Lipinski definition) is 3. The Morgan fingerprint density at radius 2 is 1.94 bits per heavy atom. The number of aliphatic hydroxyl groups excluding tert-OH is 1. The monoisotopic (exact) mass is 485 g/mol. The van der Waals surface area contributed by atoms with E-state index >= 15 is 0 Å². The molecule has 2 aromatic carbocycles. The third-order valence-electron chi connectivity index (χ3n) is 5.75. The van der Waals surface area contributed by atoms with Gasteiger partial charge in [0.25, 0.3) is 0 Å². The number of aryl methyl sites for hydroxylation is 1. The Bertz CT molecular complexity index is 1440. The lowest BCUT2D eigenvalue weighted by Crippen LogP contribution is -2.20. The average Bonchev–Trinajstić information content (AvgIpc) is 3.25. The van der Waals surface area contributed by atoms with Gasteiger partial charge in [-0.3, -0.25) is 4.98 Å². The predicted molar refractivity (Wildman–Crippen MR) is 142 cm³/mol. The summed E-state index contributed by atoms with van der Waals surface area (Å²) in [7, 11) is 0. The van der Waals surface area contributed by atoms with Gasteiger partial charge in [0.2, 0.25) is 0 Å². The van der Waals surface area contributed by atoms with Gasteiger partial charge in [-0.25, -0.2) is 9.97 Å². The fraction of sp³-hybridized carbons (Fsp3) is 0.222. The topological polar surface area (TPSA) is 92.2 Å². The van der Waals surface area contributed by atoms with E-state index in [1.807, 2.05) is 37.3 Å². The summed E-state index contributed by atoms with van der Waals surface area (Å²) in [6, 6.07) is 18.4. The van der Waals surface area contributed by atoms with Gasteiger partial charge < -0.3 is 20.5 Å². The van der Waals surface area contributed by atoms with Crippen molar-refractivity contribution in [1.29, 1.82) is 0 Å². The average molecular weight is 486 g/mol. The maximum atomic E-state index is 8.92. The van der Waals surface area contributed by atoms with Crippen molar-refractivity contribution in [3.8, 4) is 5.75 Å². The van der Waals surface area contributed by atoms with E-state index < -0.39 is 0 Å². The van der Waals surface area contributed by atoms with Crippen molar-refractivity contribution in [2.45, 2.75) is 20.0 Å². The van der Waals surface area contributed by atoms with Gasteiger partial charge in [-0.15, -0.1) is 11.3 Å². The molecule has 0 bridgehead atoms. The van der Waals surface area contributed by atoms with Crippen molar-refractivity contribution in [2.24, 2.45) is 0 Å². The molecule has 7 nitrogen and oxygen atoms in total. The van der Waals surface area contributed by atoms with Crippen LogP contribution in [0.2, 0.25) is 0 Å². The molecule has 0 unspecified atom stereocenters. The van der Waals surface area contributed by atoms with E-state index in [0.29, 0.717) is 13.2 Å². The molecule has 0 spiro atoms. The lowest BCUT2D eigenvalue weighted by atomic mass is 10.1. The van der Waals surface area contributed by atoms with E-state index in [0.717, 1.165) is 57.1 Å². The van der Waals surface area contributed by atoms with Crippen LogP contribution in [0.5, 0.6) is 5.75 Å². The number of thiophene rings is 1. The van der Waals surface area contributed by atoms with E-state index in [-0.39, 0.29) is 6.61 Å². The van der Waals surface area contributed by atoms with Crippen LogP contribution < -0.4 is 15.4 Å². The number of anilines is 2. The summed E-state index contributed by atoms with van der Waals surface area (Å²) in [5.74, 6) is 1.62. The van der Waals surface area contributed by atoms with Crippen LogP contribution in [0, 0.1) is 6.92 Å². The highest BCUT2D eigenvalue weighted by Crippen LogP contribution is 2.37. The Morgan fingerprint density at radius 3 is 2.77 bits per heavy atom. The first-order valence-electron chi connectivity index (χ1n) is 11.6. The summed E-state index contributed by atoms with van der Waals surface area (Å²) in [5, 5.41) is 17.8. The van der Waals surface area contributed by atoms with E-state index in [1.165, 1.54) is 10.3 Å². The molecular weight excluding hydrogens is 458 g/mol. The number of aliphatic hydroxyl groups is 1. The molecule has 178 valence electrons. The molecule has 0 aliphatic rings. The smallest absolute Gasteiger partial charge is 0.143 e. The maximum Gasteiger partial charge on any atom is 0.143 e. The fourth-order valence-electron chi connectivity index (χ4n) is 4.00. The lowest BCUT2D eigenvalue weighted by Gasteiger charge is -2.12. The van der Waals surface area contributed by atoms with Crippen molar-refractivity contribution < 1.29 is 9.84 Å². The number of pyridine rings is 1. The molecule has 5 rings (SSSR count). The number of ether oxygens (including phenoxy) is 1. The highest BCUT2D eigenvalue weighted by molar-refractivity contribution is 7.25. The van der Waals surface area contributed by atoms with Gasteiger partial charge in [0.15, 0.2) is 0 Å². The van der Waals surface area contributed by atoms with Crippen LogP contribution in [0.1, 0.15) is 16.8 Å². The van der Waals surface area contributed by atoms with Crippen molar-refractivity contribution in [1.82, 2.24) is 20.3 Å². The van der Waals surface area contributed by atoms with Crippen LogP contribution in [0.3, 0.4) is 0 Å². The second kappa shape index (κ2) is 10.8. The van der Waals surface area contributed by atoms with Crippen LogP contribution in [0.25, 0.3) is 20.3 Å². The molecule has 0 amide bonds. The minimum absolute atomic E-state index is 0.157. The quantitative estimate of drug-likeness (QED) is 0.240. The Kier molecular flexibility index (Phi) is 7.13. The van der Waals surface area contributed by atoms with Gasteiger partial charge in [0.05, 0.1) is 17.7 Å². The van der Waals surface area contributed by atoms with Crippen LogP contribution in [0.4, 0.5) is 11.5 Å². The van der Waals surface area contributed by atoms with Gasteiger partial charge >= 0.3 is 0 Å². The fourth-order valence-corrected chi connectivity index (χ4v) is 5.11. The lowest BCUT2D eigenvalue weighted by molar-refractivity contribution is 0.293. The van der Waals surface area contributed by atoms with Crippen LogP contribution >= 0.6 is 11.3 Å². The number of nitrogens with zero attached hydrogens (tertiary/aromatic N) is 3. The molecule has 0 saturated heterocycles. The first-order chi connectivity index (χ1) is 17.2. The zero-order valence-corrected chi connectivity index (χ0v) is 20.3. The normalized spacial score (nSPS) is 11.3. The first kappa shape index (κ1) is 23.2. The van der Waals surface area contributed by atoms with Crippen molar-refractivity contribution in [3.63, 3.8) is 0 Å². The molecule has 3 heterocycles. The second-order valence-electron chi connectivity index (χ2n) is 8.27. The number of rotatable bonds is 10. The van der Waals surface area contributed by atoms with Crippen molar-refractivity contribution in [3.05, 3.63) is 83.9 Å². The summed E-state index contributed by atoms with van der Waals surface area (Å²) in [5.41, 5.74) is 4.13. The summed E-state index contributed by atoms with van der Waals surface area (Å²) < 4.78 is 7.16. The number of aromatic nitrogens is 3. The van der Waals surface area contributed by atoms with E-state index in [1.54, 1.807) is 23.9 Å². The maximum absolute atomic E-state index is 8.92. The first-order valence-corrected chi connectivity index (χ1v) is 12.4. The highest BCUT2D eigenvalue weighted by Gasteiger charge is 2.13. The number of nitrogens with one attached hydrogen (secondary N) is 2. The largest absolute Gasteiger partial charge is 0.487 e. The molecule has 0 radical (unpaired) electrons. The molecule has 0 saturated carbocycles. The van der Waals surface area contributed by atoms with E-state index in [9.17, 15) is 0 Å². The van der Waals surface area contributed by atoms with E-state index in [2.05, 4.69) is 49.9 Å². The van der Waals surface area contributed by atoms with Gasteiger partial charge in [-0.1, -0.05) is 18.2 Å². The van der Waals surface area contributed by atoms with Crippen LogP contribution in [-0.2, 0) is 13.0 Å². The Hall–Kier alpha value is -3.59. The molecule has 0 atom stereocenters. The molecule has 35 heavy (non-hydrogen) atoms. The summed E-state index contributed by atoms with van der Waals surface area (Å²) in [6.07, 6.45) is 4.29. The molecule has 0 aliphatic heterocycles. The number of hydrogen-bond acceptors (Lipinski definition) is 8. The summed E-state index contributed by atoms with van der Waals surface area (Å²) in [4.78, 5) is 14.3. The molecule has 0 fully saturated rings. The zero-order chi connectivity index (χ0) is 24.0. The van der Waals surface area contributed by atoms with E-state index in [4.69, 9.17) is 9.84 Å². The molecule has 3 aromatic heterocycles.